The molecule has 0 aliphatic heterocycles. The quantitative estimate of drug-likeness (QED) is 0.188. The van der Waals surface area contributed by atoms with Gasteiger partial charge in [-0.2, -0.15) is 0 Å². The minimum Gasteiger partial charge on any atom is -0.309 e. The molecule has 0 N–H and O–H groups in total. The summed E-state index contributed by atoms with van der Waals surface area (Å²) in [5, 5.41) is 9.68. The van der Waals surface area contributed by atoms with Gasteiger partial charge in [0.15, 0.2) is 5.78 Å². The van der Waals surface area contributed by atoms with E-state index in [9.17, 15) is 4.79 Å². The van der Waals surface area contributed by atoms with Crippen molar-refractivity contribution in [2.75, 3.05) is 0 Å². The van der Waals surface area contributed by atoms with E-state index in [2.05, 4.69) is 123 Å². The van der Waals surface area contributed by atoms with Gasteiger partial charge < -0.3 is 4.57 Å². The number of benzene rings is 7. The Hall–Kier alpha value is -5.73. The third kappa shape index (κ3) is 3.50. The third-order valence-corrected chi connectivity index (χ3v) is 10.3. The second-order valence-electron chi connectivity index (χ2n) is 13.0. The van der Waals surface area contributed by atoms with Crippen LogP contribution in [0.5, 0.6) is 0 Å². The molecule has 1 aliphatic rings. The Morgan fingerprint density at radius 1 is 0.565 bits per heavy atom. The van der Waals surface area contributed by atoms with E-state index >= 15 is 0 Å². The average Bonchev–Trinajstić information content (AvgIpc) is 3.44. The molecule has 8 aromatic rings. The van der Waals surface area contributed by atoms with Crippen molar-refractivity contribution >= 4 is 72.1 Å². The van der Waals surface area contributed by atoms with E-state index in [-0.39, 0.29) is 11.2 Å². The maximum Gasteiger partial charge on any atom is 0.193 e. The molecular formula is C44H31NO. The van der Waals surface area contributed by atoms with Crippen LogP contribution in [0.15, 0.2) is 128 Å². The monoisotopic (exact) mass is 589 g/mol. The summed E-state index contributed by atoms with van der Waals surface area (Å²) in [6.45, 7) is 12.6. The normalized spacial score (nSPS) is 13.8. The van der Waals surface area contributed by atoms with Crippen LogP contribution >= 0.6 is 0 Å². The van der Waals surface area contributed by atoms with E-state index in [1.54, 1.807) is 0 Å². The first-order chi connectivity index (χ1) is 22.4. The van der Waals surface area contributed by atoms with Gasteiger partial charge in [0.2, 0.25) is 0 Å². The lowest BCUT2D eigenvalue weighted by atomic mass is 9.68. The van der Waals surface area contributed by atoms with Gasteiger partial charge in [0, 0.05) is 33.0 Å². The minimum atomic E-state index is -0.327. The highest BCUT2D eigenvalue weighted by Gasteiger charge is 2.37. The predicted octanol–water partition coefficient (Wildman–Crippen LogP) is 11.4. The van der Waals surface area contributed by atoms with E-state index in [1.165, 1.54) is 43.1 Å². The van der Waals surface area contributed by atoms with Gasteiger partial charge in [0.05, 0.1) is 11.0 Å². The first-order valence-electron chi connectivity index (χ1n) is 15.8. The fraction of sp³-hybridized carbons (Fsp3) is 0.0682. The maximum absolute atomic E-state index is 13.7. The zero-order valence-corrected chi connectivity index (χ0v) is 25.9. The lowest BCUT2D eigenvalue weighted by Gasteiger charge is -2.34. The van der Waals surface area contributed by atoms with E-state index in [4.69, 9.17) is 0 Å². The molecule has 1 aliphatic carbocycles. The minimum absolute atomic E-state index is 0.0949. The second kappa shape index (κ2) is 9.39. The molecule has 0 spiro atoms. The van der Waals surface area contributed by atoms with Crippen LogP contribution in [-0.2, 0) is 5.41 Å². The number of carbonyl (C=O) groups excluding carboxylic acids is 1. The van der Waals surface area contributed by atoms with Gasteiger partial charge in [0.25, 0.3) is 0 Å². The standard InChI is InChI=1S/C44H31NO/c1-5-26-21-30-15-19-39-41(35(30)23-27(26)6-2)42-36-24-29-12-8-7-11-28(29)22-31(36)16-20-40(42)45(39)32-17-18-34-38(25-32)44(3,4)37-14-10-9-13-33(37)43(34)46/h5-25H,1-2H2,3-4H3. The highest BCUT2D eigenvalue weighted by Crippen LogP contribution is 2.45. The predicted molar refractivity (Wildman–Crippen MR) is 195 cm³/mol. The number of hydrogen-bond donors (Lipinski definition) is 0. The maximum atomic E-state index is 13.7. The Labute approximate surface area is 267 Å². The van der Waals surface area contributed by atoms with Crippen LogP contribution in [0.2, 0.25) is 0 Å². The van der Waals surface area contributed by atoms with Crippen molar-refractivity contribution in [2.24, 2.45) is 0 Å². The number of hydrogen-bond acceptors (Lipinski definition) is 1. The number of aromatic nitrogens is 1. The highest BCUT2D eigenvalue weighted by atomic mass is 16.1. The average molecular weight is 590 g/mol. The molecule has 0 bridgehead atoms. The lowest BCUT2D eigenvalue weighted by Crippen LogP contribution is -2.30. The molecule has 0 saturated heterocycles. The Morgan fingerprint density at radius 3 is 1.87 bits per heavy atom. The summed E-state index contributed by atoms with van der Waals surface area (Å²) in [5.74, 6) is 0.0949. The van der Waals surface area contributed by atoms with Crippen LogP contribution in [0.1, 0.15) is 52.0 Å². The fourth-order valence-corrected chi connectivity index (χ4v) is 7.96. The van der Waals surface area contributed by atoms with E-state index in [1.807, 2.05) is 36.4 Å². The second-order valence-corrected chi connectivity index (χ2v) is 13.0. The summed E-state index contributed by atoms with van der Waals surface area (Å²) in [6.07, 6.45) is 3.82. The Bertz CT molecular complexity index is 2660. The first kappa shape index (κ1) is 26.7. The molecule has 0 unspecified atom stereocenters. The van der Waals surface area contributed by atoms with Crippen molar-refractivity contribution in [2.45, 2.75) is 19.3 Å². The molecule has 2 heteroatoms. The first-order valence-corrected chi connectivity index (χ1v) is 15.8. The number of rotatable bonds is 3. The van der Waals surface area contributed by atoms with E-state index < -0.39 is 0 Å². The van der Waals surface area contributed by atoms with E-state index in [0.29, 0.717) is 0 Å². The van der Waals surface area contributed by atoms with Crippen molar-refractivity contribution < 1.29 is 4.79 Å². The molecule has 9 rings (SSSR count). The molecule has 2 nitrogen and oxygen atoms in total. The van der Waals surface area contributed by atoms with Gasteiger partial charge in [-0.1, -0.05) is 99.8 Å². The van der Waals surface area contributed by atoms with Crippen molar-refractivity contribution in [1.82, 2.24) is 4.57 Å². The zero-order valence-electron chi connectivity index (χ0n) is 25.9. The number of ketones is 1. The van der Waals surface area contributed by atoms with Crippen molar-refractivity contribution in [3.63, 3.8) is 0 Å². The summed E-state index contributed by atoms with van der Waals surface area (Å²) in [5.41, 5.74) is 8.83. The largest absolute Gasteiger partial charge is 0.309 e. The Morgan fingerprint density at radius 2 is 1.15 bits per heavy atom. The van der Waals surface area contributed by atoms with Crippen LogP contribution in [0.4, 0.5) is 0 Å². The van der Waals surface area contributed by atoms with Gasteiger partial charge in [0.1, 0.15) is 0 Å². The number of fused-ring (bicyclic) bond motifs is 10. The highest BCUT2D eigenvalue weighted by molar-refractivity contribution is 6.29. The van der Waals surface area contributed by atoms with Crippen LogP contribution < -0.4 is 0 Å². The third-order valence-electron chi connectivity index (χ3n) is 10.3. The molecule has 0 atom stereocenters. The van der Waals surface area contributed by atoms with Gasteiger partial charge in [-0.25, -0.2) is 0 Å². The van der Waals surface area contributed by atoms with Gasteiger partial charge in [-0.3, -0.25) is 4.79 Å². The fourth-order valence-electron chi connectivity index (χ4n) is 7.96. The molecule has 0 amide bonds. The van der Waals surface area contributed by atoms with Crippen LogP contribution in [0.25, 0.3) is 72.0 Å². The molecule has 218 valence electrons. The molecule has 0 fully saturated rings. The van der Waals surface area contributed by atoms with E-state index in [0.717, 1.165) is 50.1 Å². The molecule has 0 saturated carbocycles. The number of carbonyl (C=O) groups is 1. The molecule has 1 aromatic heterocycles. The SMILES string of the molecule is C=Cc1cc2ccc3c(c2cc1C=C)c1c2cc4ccccc4cc2ccc1n3-c1ccc2c(c1)C(C)(C)c1ccccc1C2=O. The van der Waals surface area contributed by atoms with Crippen LogP contribution in [0.3, 0.4) is 0 Å². The van der Waals surface area contributed by atoms with Gasteiger partial charge in [-0.05, 0) is 109 Å². The molecular weight excluding hydrogens is 558 g/mol. The smallest absolute Gasteiger partial charge is 0.193 e. The van der Waals surface area contributed by atoms with Crippen molar-refractivity contribution in [1.29, 1.82) is 0 Å². The lowest BCUT2D eigenvalue weighted by molar-refractivity contribution is 0.103. The Balaban J connectivity index is 1.43. The molecule has 0 radical (unpaired) electrons. The van der Waals surface area contributed by atoms with Crippen molar-refractivity contribution in [3.8, 4) is 5.69 Å². The summed E-state index contributed by atoms with van der Waals surface area (Å²) >= 11 is 0. The molecule has 1 heterocycles. The molecule has 46 heavy (non-hydrogen) atoms. The van der Waals surface area contributed by atoms with Gasteiger partial charge in [-0.15, -0.1) is 0 Å². The van der Waals surface area contributed by atoms with Crippen molar-refractivity contribution in [3.05, 3.63) is 162 Å². The zero-order chi connectivity index (χ0) is 31.3. The Kier molecular flexibility index (Phi) is 5.44. The molecule has 7 aromatic carbocycles. The van der Waals surface area contributed by atoms with Crippen LogP contribution in [0, 0.1) is 0 Å². The van der Waals surface area contributed by atoms with Gasteiger partial charge >= 0.3 is 0 Å². The summed E-state index contributed by atoms with van der Waals surface area (Å²) in [6, 6.07) is 41.1. The van der Waals surface area contributed by atoms with Crippen LogP contribution in [-0.4, -0.2) is 10.4 Å². The summed E-state index contributed by atoms with van der Waals surface area (Å²) < 4.78 is 2.38. The summed E-state index contributed by atoms with van der Waals surface area (Å²) in [7, 11) is 0. The summed E-state index contributed by atoms with van der Waals surface area (Å²) in [4.78, 5) is 13.7. The topological polar surface area (TPSA) is 22.0 Å². The number of nitrogens with zero attached hydrogens (tertiary/aromatic N) is 1.